The first-order valence-electron chi connectivity index (χ1n) is 4.50. The lowest BCUT2D eigenvalue weighted by Gasteiger charge is -2.31. The van der Waals surface area contributed by atoms with Crippen molar-refractivity contribution >= 4 is 0 Å². The van der Waals surface area contributed by atoms with Crippen molar-refractivity contribution in [1.29, 1.82) is 0 Å². The van der Waals surface area contributed by atoms with Crippen LogP contribution in [0.5, 0.6) is 0 Å². The summed E-state index contributed by atoms with van der Waals surface area (Å²) >= 11 is 0. The average Bonchev–Trinajstić information content (AvgIpc) is 1.85. The van der Waals surface area contributed by atoms with Gasteiger partial charge in [-0.1, -0.05) is 0 Å². The summed E-state index contributed by atoms with van der Waals surface area (Å²) in [5.74, 6) is 0. The van der Waals surface area contributed by atoms with Gasteiger partial charge in [-0.15, -0.1) is 0 Å². The van der Waals surface area contributed by atoms with Crippen molar-refractivity contribution in [2.75, 3.05) is 34.3 Å². The Morgan fingerprint density at radius 2 is 2.00 bits per heavy atom. The summed E-state index contributed by atoms with van der Waals surface area (Å²) in [7, 11) is 6.66. The van der Waals surface area contributed by atoms with Crippen LogP contribution in [0, 0.1) is 0 Å². The van der Waals surface area contributed by atoms with E-state index in [1.807, 2.05) is 0 Å². The summed E-state index contributed by atoms with van der Waals surface area (Å²) in [5.41, 5.74) is 0. The summed E-state index contributed by atoms with van der Waals surface area (Å²) in [6.45, 7) is 2.13. The monoisotopic (exact) mass is 158 g/mol. The summed E-state index contributed by atoms with van der Waals surface area (Å²) in [6.07, 6.45) is 4.39. The molecule has 0 spiro atoms. The highest BCUT2D eigenvalue weighted by molar-refractivity contribution is 4.61. The summed E-state index contributed by atoms with van der Waals surface area (Å²) in [6, 6.07) is 0. The Kier molecular flexibility index (Phi) is 2.90. The molecule has 0 saturated carbocycles. The summed E-state index contributed by atoms with van der Waals surface area (Å²) in [5, 5.41) is 0. The molecule has 0 aliphatic carbocycles. The minimum Gasteiger partial charge on any atom is -0.372 e. The molecule has 1 atom stereocenters. The van der Waals surface area contributed by atoms with E-state index in [-0.39, 0.29) is 0 Å². The van der Waals surface area contributed by atoms with Crippen molar-refractivity contribution in [3.63, 3.8) is 0 Å². The second kappa shape index (κ2) is 3.55. The van der Waals surface area contributed by atoms with E-state index in [1.54, 1.807) is 0 Å². The first-order chi connectivity index (χ1) is 5.08. The number of nitrogens with zero attached hydrogens (tertiary/aromatic N) is 1. The van der Waals surface area contributed by atoms with Crippen LogP contribution in [0.2, 0.25) is 0 Å². The molecule has 1 rings (SSSR count). The van der Waals surface area contributed by atoms with Gasteiger partial charge < -0.3 is 9.22 Å². The molecule has 0 amide bonds. The van der Waals surface area contributed by atoms with Gasteiger partial charge in [0.15, 0.2) is 0 Å². The van der Waals surface area contributed by atoms with E-state index in [4.69, 9.17) is 4.74 Å². The van der Waals surface area contributed by atoms with Gasteiger partial charge >= 0.3 is 0 Å². The van der Waals surface area contributed by atoms with Crippen LogP contribution in [0.1, 0.15) is 19.3 Å². The van der Waals surface area contributed by atoms with Crippen LogP contribution in [0.25, 0.3) is 0 Å². The molecular weight excluding hydrogens is 138 g/mol. The number of hydrogen-bond acceptors (Lipinski definition) is 1. The second-order valence-corrected chi connectivity index (χ2v) is 4.46. The molecule has 0 aromatic rings. The van der Waals surface area contributed by atoms with Gasteiger partial charge in [-0.2, -0.15) is 0 Å². The quantitative estimate of drug-likeness (QED) is 0.550. The predicted molar refractivity (Wildman–Crippen MR) is 46.5 cm³/mol. The molecule has 2 heteroatoms. The molecule has 0 N–H and O–H groups in total. The highest BCUT2D eigenvalue weighted by Gasteiger charge is 2.20. The third kappa shape index (κ3) is 3.73. The first-order valence-corrected chi connectivity index (χ1v) is 4.50. The van der Waals surface area contributed by atoms with E-state index < -0.39 is 0 Å². The van der Waals surface area contributed by atoms with E-state index in [2.05, 4.69) is 21.1 Å². The van der Waals surface area contributed by atoms with Crippen LogP contribution in [0.4, 0.5) is 0 Å². The van der Waals surface area contributed by atoms with E-state index >= 15 is 0 Å². The number of likely N-dealkylation sites (N-methyl/N-ethyl adjacent to an activating group) is 1. The molecule has 1 aliphatic rings. The van der Waals surface area contributed by atoms with Gasteiger partial charge in [-0.25, -0.2) is 0 Å². The van der Waals surface area contributed by atoms with Crippen molar-refractivity contribution in [2.24, 2.45) is 0 Å². The maximum Gasteiger partial charge on any atom is 0.106 e. The standard InChI is InChI=1S/C9H20NO/c1-10(2,3)8-9-6-4-5-7-11-9/h9H,4-8H2,1-3H3/q+1/t9-/m1/s1. The zero-order valence-corrected chi connectivity index (χ0v) is 7.97. The van der Waals surface area contributed by atoms with Gasteiger partial charge in [0.1, 0.15) is 12.6 Å². The maximum absolute atomic E-state index is 5.64. The van der Waals surface area contributed by atoms with Crippen LogP contribution in [-0.4, -0.2) is 44.9 Å². The summed E-state index contributed by atoms with van der Waals surface area (Å²) < 4.78 is 6.66. The molecular formula is C9H20NO+. The van der Waals surface area contributed by atoms with Crippen LogP contribution in [0.15, 0.2) is 0 Å². The Labute approximate surface area is 69.7 Å². The van der Waals surface area contributed by atoms with Gasteiger partial charge in [0.25, 0.3) is 0 Å². The van der Waals surface area contributed by atoms with Crippen molar-refractivity contribution in [2.45, 2.75) is 25.4 Å². The lowest BCUT2D eigenvalue weighted by atomic mass is 10.1. The molecule has 2 nitrogen and oxygen atoms in total. The zero-order chi connectivity index (χ0) is 8.32. The molecule has 11 heavy (non-hydrogen) atoms. The molecule has 1 saturated heterocycles. The minimum absolute atomic E-state index is 0.517. The Balaban J connectivity index is 2.24. The van der Waals surface area contributed by atoms with E-state index in [1.165, 1.54) is 19.3 Å². The molecule has 0 bridgehead atoms. The van der Waals surface area contributed by atoms with Crippen LogP contribution >= 0.6 is 0 Å². The van der Waals surface area contributed by atoms with E-state index in [9.17, 15) is 0 Å². The van der Waals surface area contributed by atoms with Crippen molar-refractivity contribution in [3.05, 3.63) is 0 Å². The Bertz CT molecular complexity index is 111. The first kappa shape index (κ1) is 9.01. The van der Waals surface area contributed by atoms with Crippen molar-refractivity contribution in [3.8, 4) is 0 Å². The van der Waals surface area contributed by atoms with Crippen LogP contribution in [-0.2, 0) is 4.74 Å². The molecule has 1 heterocycles. The SMILES string of the molecule is C[N+](C)(C)C[C@H]1CCCCO1. The topological polar surface area (TPSA) is 9.23 Å². The van der Waals surface area contributed by atoms with E-state index in [0.29, 0.717) is 6.10 Å². The van der Waals surface area contributed by atoms with Gasteiger partial charge in [0.05, 0.1) is 21.1 Å². The Morgan fingerprint density at radius 3 is 2.45 bits per heavy atom. The Morgan fingerprint density at radius 1 is 1.27 bits per heavy atom. The zero-order valence-electron chi connectivity index (χ0n) is 7.97. The van der Waals surface area contributed by atoms with Crippen LogP contribution in [0.3, 0.4) is 0 Å². The fourth-order valence-corrected chi connectivity index (χ4v) is 1.56. The van der Waals surface area contributed by atoms with E-state index in [0.717, 1.165) is 17.6 Å². The number of rotatable bonds is 2. The number of hydrogen-bond donors (Lipinski definition) is 0. The normalized spacial score (nSPS) is 27.0. The molecule has 0 unspecified atom stereocenters. The van der Waals surface area contributed by atoms with Gasteiger partial charge in [0, 0.05) is 6.61 Å². The highest BCUT2D eigenvalue weighted by atomic mass is 16.5. The number of ether oxygens (including phenoxy) is 1. The molecule has 0 aromatic carbocycles. The molecule has 0 radical (unpaired) electrons. The average molecular weight is 158 g/mol. The van der Waals surface area contributed by atoms with Crippen molar-refractivity contribution in [1.82, 2.24) is 0 Å². The molecule has 1 aliphatic heterocycles. The lowest BCUT2D eigenvalue weighted by Crippen LogP contribution is -2.43. The van der Waals surface area contributed by atoms with Crippen LogP contribution < -0.4 is 0 Å². The third-order valence-corrected chi connectivity index (χ3v) is 2.03. The lowest BCUT2D eigenvalue weighted by molar-refractivity contribution is -0.873. The molecule has 1 fully saturated rings. The van der Waals surface area contributed by atoms with Gasteiger partial charge in [0.2, 0.25) is 0 Å². The fraction of sp³-hybridized carbons (Fsp3) is 1.00. The second-order valence-electron chi connectivity index (χ2n) is 4.46. The maximum atomic E-state index is 5.64. The number of quaternary nitrogens is 1. The third-order valence-electron chi connectivity index (χ3n) is 2.03. The fourth-order valence-electron chi connectivity index (χ4n) is 1.56. The van der Waals surface area contributed by atoms with Crippen molar-refractivity contribution < 1.29 is 9.22 Å². The predicted octanol–water partition coefficient (Wildman–Crippen LogP) is 1.26. The van der Waals surface area contributed by atoms with Gasteiger partial charge in [-0.3, -0.25) is 0 Å². The van der Waals surface area contributed by atoms with Gasteiger partial charge in [-0.05, 0) is 19.3 Å². The highest BCUT2D eigenvalue weighted by Crippen LogP contribution is 2.14. The smallest absolute Gasteiger partial charge is 0.106 e. The largest absolute Gasteiger partial charge is 0.372 e. The Hall–Kier alpha value is -0.0800. The minimum atomic E-state index is 0.517. The molecule has 0 aromatic heterocycles. The molecule has 66 valence electrons. The summed E-state index contributed by atoms with van der Waals surface area (Å²) in [4.78, 5) is 0.